The number of halogens is 1. The Morgan fingerprint density at radius 1 is 1.27 bits per heavy atom. The lowest BCUT2D eigenvalue weighted by Gasteiger charge is -2.06. The lowest BCUT2D eigenvalue weighted by molar-refractivity contribution is 0.571. The van der Waals surface area contributed by atoms with E-state index in [1.165, 1.54) is 0 Å². The highest BCUT2D eigenvalue weighted by Crippen LogP contribution is 2.25. The van der Waals surface area contributed by atoms with Crippen LogP contribution in [0, 0.1) is 24.2 Å². The van der Waals surface area contributed by atoms with Gasteiger partial charge < -0.3 is 0 Å². The highest BCUT2D eigenvalue weighted by molar-refractivity contribution is 7.13. The first-order chi connectivity index (χ1) is 6.88. The van der Waals surface area contributed by atoms with E-state index in [9.17, 15) is 0 Å². The largest absolute Gasteiger partial charge is 0.130 e. The molecule has 0 unspecified atom stereocenters. The van der Waals surface area contributed by atoms with Gasteiger partial charge in [0, 0.05) is 10.3 Å². The first-order valence-electron chi connectivity index (χ1n) is 5.17. The van der Waals surface area contributed by atoms with E-state index in [1.807, 2.05) is 26.8 Å². The van der Waals surface area contributed by atoms with Gasteiger partial charge in [0.25, 0.3) is 0 Å². The molecule has 0 saturated carbocycles. The van der Waals surface area contributed by atoms with Gasteiger partial charge in [0.15, 0.2) is 0 Å². The van der Waals surface area contributed by atoms with Crippen LogP contribution in [0.5, 0.6) is 0 Å². The van der Waals surface area contributed by atoms with Crippen LogP contribution in [0.4, 0.5) is 0 Å². The summed E-state index contributed by atoms with van der Waals surface area (Å²) in [5.74, 6) is 6.31. The highest BCUT2D eigenvalue weighted by atomic mass is 35.5. The molecule has 15 heavy (non-hydrogen) atoms. The molecule has 0 bridgehead atoms. The van der Waals surface area contributed by atoms with Gasteiger partial charge in [-0.15, -0.1) is 11.3 Å². The van der Waals surface area contributed by atoms with Crippen LogP contribution in [0.3, 0.4) is 0 Å². The number of aryl methyl sites for hydroxylation is 1. The molecule has 0 amide bonds. The zero-order chi connectivity index (χ0) is 12.1. The Morgan fingerprint density at radius 3 is 2.13 bits per heavy atom. The minimum absolute atomic E-state index is 0.0599. The van der Waals surface area contributed by atoms with E-state index in [-0.39, 0.29) is 5.41 Å². The standard InChI is InChI=1S/C11H13ClS.C2H6/c1-8-10(12)7-9(13-8)5-6-11(2,3)4;1-2/h7H,1-4H3;1-2H3. The summed E-state index contributed by atoms with van der Waals surface area (Å²) >= 11 is 7.57. The Kier molecular flexibility index (Phi) is 6.02. The van der Waals surface area contributed by atoms with Crippen LogP contribution in [-0.2, 0) is 0 Å². The van der Waals surface area contributed by atoms with Gasteiger partial charge in [0.2, 0.25) is 0 Å². The van der Waals surface area contributed by atoms with E-state index >= 15 is 0 Å². The smallest absolute Gasteiger partial charge is 0.0786 e. The molecule has 0 atom stereocenters. The maximum absolute atomic E-state index is 5.92. The van der Waals surface area contributed by atoms with Gasteiger partial charge in [-0.1, -0.05) is 37.3 Å². The molecule has 0 saturated heterocycles. The third-order valence-corrected chi connectivity index (χ3v) is 2.89. The second-order valence-electron chi connectivity index (χ2n) is 4.01. The first-order valence-corrected chi connectivity index (χ1v) is 6.37. The van der Waals surface area contributed by atoms with Gasteiger partial charge in [-0.25, -0.2) is 0 Å². The van der Waals surface area contributed by atoms with Crippen LogP contribution in [-0.4, -0.2) is 0 Å². The fraction of sp³-hybridized carbons (Fsp3) is 0.538. The summed E-state index contributed by atoms with van der Waals surface area (Å²) in [6, 6.07) is 1.93. The average molecular weight is 243 g/mol. The fourth-order valence-electron chi connectivity index (χ4n) is 0.771. The van der Waals surface area contributed by atoms with Crippen LogP contribution in [0.15, 0.2) is 6.07 Å². The van der Waals surface area contributed by atoms with Crippen molar-refractivity contribution in [2.45, 2.75) is 41.5 Å². The topological polar surface area (TPSA) is 0 Å². The molecule has 0 aromatic carbocycles. The fourth-order valence-corrected chi connectivity index (χ4v) is 1.83. The number of thiophene rings is 1. The van der Waals surface area contributed by atoms with Crippen LogP contribution in [0.1, 0.15) is 44.4 Å². The predicted octanol–water partition coefficient (Wildman–Crippen LogP) is 5.13. The van der Waals surface area contributed by atoms with E-state index < -0.39 is 0 Å². The number of rotatable bonds is 0. The summed E-state index contributed by atoms with van der Waals surface area (Å²) < 4.78 is 0. The third kappa shape index (κ3) is 5.87. The van der Waals surface area contributed by atoms with Gasteiger partial charge in [-0.05, 0) is 33.8 Å². The Hall–Kier alpha value is -0.450. The van der Waals surface area contributed by atoms with Gasteiger partial charge in [0.1, 0.15) is 0 Å². The summed E-state index contributed by atoms with van der Waals surface area (Å²) in [7, 11) is 0. The van der Waals surface area contributed by atoms with Crippen molar-refractivity contribution in [2.75, 3.05) is 0 Å². The Morgan fingerprint density at radius 2 is 1.80 bits per heavy atom. The Bertz CT molecular complexity index is 339. The SMILES string of the molecule is CC.Cc1sc(C#CC(C)(C)C)cc1Cl. The van der Waals surface area contributed by atoms with Crippen LogP contribution >= 0.6 is 22.9 Å². The minimum Gasteiger partial charge on any atom is -0.130 e. The number of hydrogen-bond donors (Lipinski definition) is 0. The number of hydrogen-bond acceptors (Lipinski definition) is 1. The van der Waals surface area contributed by atoms with E-state index in [0.717, 1.165) is 14.8 Å². The lowest BCUT2D eigenvalue weighted by atomic mass is 9.98. The van der Waals surface area contributed by atoms with Crippen molar-refractivity contribution in [1.29, 1.82) is 0 Å². The second kappa shape index (κ2) is 6.20. The highest BCUT2D eigenvalue weighted by Gasteiger charge is 2.04. The molecule has 1 rings (SSSR count). The van der Waals surface area contributed by atoms with Gasteiger partial charge >= 0.3 is 0 Å². The van der Waals surface area contributed by atoms with Crippen molar-refractivity contribution in [3.63, 3.8) is 0 Å². The molecule has 0 nitrogen and oxygen atoms in total. The van der Waals surface area contributed by atoms with Crippen molar-refractivity contribution in [3.05, 3.63) is 20.8 Å². The molecule has 1 aromatic rings. The zero-order valence-electron chi connectivity index (χ0n) is 10.4. The maximum atomic E-state index is 5.92. The van der Waals surface area contributed by atoms with Gasteiger partial charge in [-0.3, -0.25) is 0 Å². The molecule has 2 heteroatoms. The normalized spacial score (nSPS) is 9.80. The molecular formula is C13H19ClS. The molecule has 0 aliphatic rings. The van der Waals surface area contributed by atoms with Crippen LogP contribution in [0.2, 0.25) is 5.02 Å². The van der Waals surface area contributed by atoms with Crippen molar-refractivity contribution < 1.29 is 0 Å². The summed E-state index contributed by atoms with van der Waals surface area (Å²) in [5, 5.41) is 0.822. The lowest BCUT2D eigenvalue weighted by Crippen LogP contribution is -1.98. The molecule has 0 aliphatic heterocycles. The van der Waals surface area contributed by atoms with Crippen LogP contribution in [0.25, 0.3) is 0 Å². The maximum Gasteiger partial charge on any atom is 0.0786 e. The summed E-state index contributed by atoms with van der Waals surface area (Å²) in [6.45, 7) is 12.3. The Labute approximate surface area is 103 Å². The third-order valence-electron chi connectivity index (χ3n) is 1.42. The molecule has 0 radical (unpaired) electrons. The minimum atomic E-state index is 0.0599. The van der Waals surface area contributed by atoms with Crippen LogP contribution < -0.4 is 0 Å². The van der Waals surface area contributed by atoms with Crippen molar-refractivity contribution >= 4 is 22.9 Å². The quantitative estimate of drug-likeness (QED) is 0.553. The Balaban J connectivity index is 0.000000921. The summed E-state index contributed by atoms with van der Waals surface area (Å²) in [5.41, 5.74) is 0.0599. The van der Waals surface area contributed by atoms with E-state index in [0.29, 0.717) is 0 Å². The second-order valence-corrected chi connectivity index (χ2v) is 5.68. The molecule has 1 heterocycles. The van der Waals surface area contributed by atoms with E-state index in [1.54, 1.807) is 11.3 Å². The van der Waals surface area contributed by atoms with Gasteiger partial charge in [-0.2, -0.15) is 0 Å². The monoisotopic (exact) mass is 242 g/mol. The molecular weight excluding hydrogens is 224 g/mol. The molecule has 0 fully saturated rings. The average Bonchev–Trinajstić information content (AvgIpc) is 2.46. The summed E-state index contributed by atoms with van der Waals surface area (Å²) in [6.07, 6.45) is 0. The van der Waals surface area contributed by atoms with Crippen molar-refractivity contribution in [3.8, 4) is 11.8 Å². The zero-order valence-corrected chi connectivity index (χ0v) is 11.9. The summed E-state index contributed by atoms with van der Waals surface area (Å²) in [4.78, 5) is 2.19. The molecule has 84 valence electrons. The first kappa shape index (κ1) is 14.6. The van der Waals surface area contributed by atoms with Gasteiger partial charge in [0.05, 0.1) is 9.90 Å². The molecule has 0 N–H and O–H groups in total. The van der Waals surface area contributed by atoms with E-state index in [4.69, 9.17) is 11.6 Å². The molecule has 1 aromatic heterocycles. The van der Waals surface area contributed by atoms with E-state index in [2.05, 4.69) is 32.6 Å². The molecule has 0 aliphatic carbocycles. The van der Waals surface area contributed by atoms with Crippen molar-refractivity contribution in [2.24, 2.45) is 5.41 Å². The predicted molar refractivity (Wildman–Crippen MR) is 71.7 cm³/mol. The van der Waals surface area contributed by atoms with Crippen molar-refractivity contribution in [1.82, 2.24) is 0 Å². The molecule has 0 spiro atoms.